The van der Waals surface area contributed by atoms with Crippen LogP contribution in [0.3, 0.4) is 0 Å². The van der Waals surface area contributed by atoms with Crippen molar-refractivity contribution in [2.24, 2.45) is 0 Å². The summed E-state index contributed by atoms with van der Waals surface area (Å²) in [4.78, 5) is 2.32. The average Bonchev–Trinajstić information content (AvgIpc) is 2.13. The molecule has 2 nitrogen and oxygen atoms in total. The van der Waals surface area contributed by atoms with Crippen molar-refractivity contribution < 1.29 is 4.74 Å². The Balaban J connectivity index is 2.19. The highest BCUT2D eigenvalue weighted by Crippen LogP contribution is 2.32. The molecule has 0 aliphatic carbocycles. The fraction of sp³-hybridized carbons (Fsp3) is 0.455. The van der Waals surface area contributed by atoms with E-state index in [2.05, 4.69) is 24.1 Å². The van der Waals surface area contributed by atoms with Crippen LogP contribution in [-0.4, -0.2) is 32.1 Å². The van der Waals surface area contributed by atoms with Gasteiger partial charge in [0.25, 0.3) is 0 Å². The third kappa shape index (κ3) is 1.54. The first-order valence-corrected chi connectivity index (χ1v) is 4.62. The van der Waals surface area contributed by atoms with E-state index in [0.717, 1.165) is 18.8 Å². The minimum absolute atomic E-state index is 0.668. The molecule has 1 aliphatic rings. The summed E-state index contributed by atoms with van der Waals surface area (Å²) >= 11 is 0. The second kappa shape index (κ2) is 3.38. The highest BCUT2D eigenvalue weighted by Gasteiger charge is 2.26. The van der Waals surface area contributed by atoms with E-state index >= 15 is 0 Å². The van der Waals surface area contributed by atoms with Crippen molar-refractivity contribution in [2.45, 2.75) is 5.92 Å². The Kier molecular flexibility index (Phi) is 2.23. The van der Waals surface area contributed by atoms with Gasteiger partial charge in [-0.2, -0.15) is 0 Å². The molecule has 1 aliphatic heterocycles. The van der Waals surface area contributed by atoms with Crippen LogP contribution in [0.15, 0.2) is 24.3 Å². The zero-order valence-electron chi connectivity index (χ0n) is 8.16. The van der Waals surface area contributed by atoms with E-state index in [1.54, 1.807) is 7.11 Å². The van der Waals surface area contributed by atoms with E-state index < -0.39 is 0 Å². The molecule has 1 fully saturated rings. The fourth-order valence-electron chi connectivity index (χ4n) is 1.90. The number of nitrogens with zero attached hydrogens (tertiary/aromatic N) is 1. The zero-order chi connectivity index (χ0) is 9.26. The van der Waals surface area contributed by atoms with E-state index in [4.69, 9.17) is 4.74 Å². The zero-order valence-corrected chi connectivity index (χ0v) is 8.16. The Hall–Kier alpha value is -1.02. The summed E-state index contributed by atoms with van der Waals surface area (Å²) in [6.07, 6.45) is 0. The average molecular weight is 177 g/mol. The third-order valence-electron chi connectivity index (χ3n) is 2.64. The van der Waals surface area contributed by atoms with Crippen LogP contribution in [0.5, 0.6) is 5.75 Å². The predicted octanol–water partition coefficient (Wildman–Crippen LogP) is 1.72. The van der Waals surface area contributed by atoms with Gasteiger partial charge in [0.1, 0.15) is 5.75 Å². The Morgan fingerprint density at radius 1 is 1.31 bits per heavy atom. The predicted molar refractivity (Wildman–Crippen MR) is 53.2 cm³/mol. The van der Waals surface area contributed by atoms with Gasteiger partial charge in [-0.25, -0.2) is 0 Å². The summed E-state index contributed by atoms with van der Waals surface area (Å²) in [7, 11) is 3.88. The summed E-state index contributed by atoms with van der Waals surface area (Å²) < 4.78 is 5.32. The van der Waals surface area contributed by atoms with Crippen LogP contribution < -0.4 is 4.74 Å². The molecule has 2 rings (SSSR count). The van der Waals surface area contributed by atoms with Crippen LogP contribution in [0.25, 0.3) is 0 Å². The van der Waals surface area contributed by atoms with Gasteiger partial charge in [0.05, 0.1) is 7.11 Å². The maximum Gasteiger partial charge on any atom is 0.122 e. The Morgan fingerprint density at radius 2 is 2.00 bits per heavy atom. The molecule has 13 heavy (non-hydrogen) atoms. The molecule has 0 spiro atoms. The summed E-state index contributed by atoms with van der Waals surface area (Å²) in [5.41, 5.74) is 1.35. The highest BCUT2D eigenvalue weighted by molar-refractivity contribution is 5.37. The minimum atomic E-state index is 0.668. The summed E-state index contributed by atoms with van der Waals surface area (Å²) in [5, 5.41) is 0. The van der Waals surface area contributed by atoms with Gasteiger partial charge in [0.2, 0.25) is 0 Å². The Labute approximate surface area is 79.1 Å². The Morgan fingerprint density at radius 3 is 2.62 bits per heavy atom. The molecule has 1 aromatic carbocycles. The maximum atomic E-state index is 5.32. The quantitative estimate of drug-likeness (QED) is 0.682. The van der Waals surface area contributed by atoms with Crippen LogP contribution in [0.4, 0.5) is 0 Å². The van der Waals surface area contributed by atoms with Crippen molar-refractivity contribution in [1.82, 2.24) is 4.90 Å². The van der Waals surface area contributed by atoms with E-state index in [1.807, 2.05) is 12.1 Å². The SMILES string of the molecule is COc1ccccc1C1CN(C)C1. The third-order valence-corrected chi connectivity index (χ3v) is 2.64. The van der Waals surface area contributed by atoms with Gasteiger partial charge >= 0.3 is 0 Å². The minimum Gasteiger partial charge on any atom is -0.496 e. The number of ether oxygens (including phenoxy) is 1. The van der Waals surface area contributed by atoms with Crippen molar-refractivity contribution in [2.75, 3.05) is 27.2 Å². The molecule has 0 radical (unpaired) electrons. The van der Waals surface area contributed by atoms with Gasteiger partial charge in [-0.1, -0.05) is 18.2 Å². The van der Waals surface area contributed by atoms with Crippen LogP contribution in [0.1, 0.15) is 11.5 Å². The van der Waals surface area contributed by atoms with Crippen molar-refractivity contribution in [3.8, 4) is 5.75 Å². The number of methoxy groups -OCH3 is 1. The molecule has 0 aromatic heterocycles. The summed E-state index contributed by atoms with van der Waals surface area (Å²) in [5.74, 6) is 1.70. The lowest BCUT2D eigenvalue weighted by molar-refractivity contribution is 0.187. The molecule has 1 aromatic rings. The fourth-order valence-corrected chi connectivity index (χ4v) is 1.90. The van der Waals surface area contributed by atoms with Gasteiger partial charge in [0.15, 0.2) is 0 Å². The first kappa shape index (κ1) is 8.57. The standard InChI is InChI=1S/C11H15NO/c1-12-7-9(8-12)10-5-3-4-6-11(10)13-2/h3-6,9H,7-8H2,1-2H3. The number of hydrogen-bond acceptors (Lipinski definition) is 2. The molecule has 0 atom stereocenters. The van der Waals surface area contributed by atoms with Gasteiger partial charge < -0.3 is 9.64 Å². The molecular formula is C11H15NO. The first-order valence-electron chi connectivity index (χ1n) is 4.62. The molecule has 2 heteroatoms. The molecule has 0 amide bonds. The van der Waals surface area contributed by atoms with Crippen LogP contribution in [0, 0.1) is 0 Å². The van der Waals surface area contributed by atoms with Gasteiger partial charge in [-0.3, -0.25) is 0 Å². The number of benzene rings is 1. The number of para-hydroxylation sites is 1. The maximum absolute atomic E-state index is 5.32. The highest BCUT2D eigenvalue weighted by atomic mass is 16.5. The van der Waals surface area contributed by atoms with Crippen molar-refractivity contribution in [3.05, 3.63) is 29.8 Å². The molecule has 70 valence electrons. The van der Waals surface area contributed by atoms with Crippen molar-refractivity contribution >= 4 is 0 Å². The molecule has 1 heterocycles. The van der Waals surface area contributed by atoms with Gasteiger partial charge in [-0.15, -0.1) is 0 Å². The lowest BCUT2D eigenvalue weighted by Crippen LogP contribution is -2.41. The van der Waals surface area contributed by atoms with E-state index in [9.17, 15) is 0 Å². The second-order valence-corrected chi connectivity index (χ2v) is 3.66. The molecule has 0 bridgehead atoms. The van der Waals surface area contributed by atoms with Gasteiger partial charge in [0, 0.05) is 19.0 Å². The lowest BCUT2D eigenvalue weighted by Gasteiger charge is -2.37. The van der Waals surface area contributed by atoms with E-state index in [-0.39, 0.29) is 0 Å². The second-order valence-electron chi connectivity index (χ2n) is 3.66. The molecule has 0 unspecified atom stereocenters. The molecule has 0 N–H and O–H groups in total. The normalized spacial score (nSPS) is 18.3. The molecule has 1 saturated heterocycles. The van der Waals surface area contributed by atoms with Crippen LogP contribution in [-0.2, 0) is 0 Å². The Bertz CT molecular complexity index is 292. The van der Waals surface area contributed by atoms with E-state index in [0.29, 0.717) is 5.92 Å². The molecule has 0 saturated carbocycles. The number of hydrogen-bond donors (Lipinski definition) is 0. The van der Waals surface area contributed by atoms with E-state index in [1.165, 1.54) is 5.56 Å². The number of likely N-dealkylation sites (tertiary alicyclic amines) is 1. The number of rotatable bonds is 2. The van der Waals surface area contributed by atoms with Crippen LogP contribution in [0.2, 0.25) is 0 Å². The first-order chi connectivity index (χ1) is 6.31. The lowest BCUT2D eigenvalue weighted by atomic mass is 9.91. The molecular weight excluding hydrogens is 162 g/mol. The van der Waals surface area contributed by atoms with Crippen molar-refractivity contribution in [3.63, 3.8) is 0 Å². The smallest absolute Gasteiger partial charge is 0.122 e. The number of likely N-dealkylation sites (N-methyl/N-ethyl adjacent to an activating group) is 1. The van der Waals surface area contributed by atoms with Crippen molar-refractivity contribution in [1.29, 1.82) is 0 Å². The summed E-state index contributed by atoms with van der Waals surface area (Å²) in [6, 6.07) is 8.30. The topological polar surface area (TPSA) is 12.5 Å². The summed E-state index contributed by atoms with van der Waals surface area (Å²) in [6.45, 7) is 2.31. The van der Waals surface area contributed by atoms with Gasteiger partial charge in [-0.05, 0) is 18.7 Å². The van der Waals surface area contributed by atoms with Crippen LogP contribution >= 0.6 is 0 Å². The monoisotopic (exact) mass is 177 g/mol. The largest absolute Gasteiger partial charge is 0.496 e.